The maximum atomic E-state index is 13.3. The van der Waals surface area contributed by atoms with Crippen molar-refractivity contribution in [3.05, 3.63) is 82.3 Å². The number of sulfonamides is 1. The van der Waals surface area contributed by atoms with Gasteiger partial charge in [0.2, 0.25) is 0 Å². The Kier molecular flexibility index (Phi) is 9.34. The fourth-order valence-corrected chi connectivity index (χ4v) is 4.73. The van der Waals surface area contributed by atoms with Crippen LogP contribution in [0.3, 0.4) is 0 Å². The average molecular weight is 566 g/mol. The zero-order valence-electron chi connectivity index (χ0n) is 19.6. The Balaban J connectivity index is 1.79. The summed E-state index contributed by atoms with van der Waals surface area (Å²) in [6, 6.07) is 16.4. The van der Waals surface area contributed by atoms with E-state index in [2.05, 4.69) is 15.3 Å². The molecule has 0 unspecified atom stereocenters. The van der Waals surface area contributed by atoms with E-state index in [1.54, 1.807) is 24.3 Å². The molecular formula is C24H21Cl2N3O7S. The largest absolute Gasteiger partial charge is 0.513 e. The van der Waals surface area contributed by atoms with Gasteiger partial charge in [0.25, 0.3) is 15.9 Å². The first-order valence-corrected chi connectivity index (χ1v) is 12.6. The second kappa shape index (κ2) is 12.4. The van der Waals surface area contributed by atoms with Gasteiger partial charge >= 0.3 is 6.16 Å². The first-order valence-electron chi connectivity index (χ1n) is 10.4. The normalized spacial score (nSPS) is 11.1. The third-order valence-corrected chi connectivity index (χ3v) is 7.29. The average Bonchev–Trinajstić information content (AvgIpc) is 2.90. The quantitative estimate of drug-likeness (QED) is 0.175. The maximum Gasteiger partial charge on any atom is 0.513 e. The van der Waals surface area contributed by atoms with E-state index in [1.807, 2.05) is 0 Å². The summed E-state index contributed by atoms with van der Waals surface area (Å²) in [4.78, 5) is 24.0. The molecule has 13 heteroatoms. The van der Waals surface area contributed by atoms with Crippen molar-refractivity contribution in [3.63, 3.8) is 0 Å². The second-order valence-electron chi connectivity index (χ2n) is 7.18. The minimum absolute atomic E-state index is 0.0151. The molecule has 0 saturated heterocycles. The molecule has 0 saturated carbocycles. The molecule has 0 aromatic heterocycles. The highest BCUT2D eigenvalue weighted by Gasteiger charge is 2.27. The summed E-state index contributed by atoms with van der Waals surface area (Å²) >= 11 is 12.1. The fourth-order valence-electron chi connectivity index (χ4n) is 3.00. The number of nitrogens with zero attached hydrogens (tertiary/aromatic N) is 2. The number of hydrogen-bond donors (Lipinski definition) is 1. The number of carbonyl (C=O) groups excluding carboxylic acids is 2. The van der Waals surface area contributed by atoms with Gasteiger partial charge in [-0.25, -0.2) is 18.6 Å². The number of benzene rings is 3. The zero-order chi connectivity index (χ0) is 27.0. The lowest BCUT2D eigenvalue weighted by molar-refractivity contribution is -0.119. The predicted molar refractivity (Wildman–Crippen MR) is 139 cm³/mol. The Labute approximate surface area is 223 Å². The molecule has 1 N–H and O–H groups in total. The van der Waals surface area contributed by atoms with Gasteiger partial charge in [-0.3, -0.25) is 9.10 Å². The molecule has 0 atom stereocenters. The molecule has 0 heterocycles. The van der Waals surface area contributed by atoms with E-state index >= 15 is 0 Å². The van der Waals surface area contributed by atoms with Crippen molar-refractivity contribution in [2.45, 2.75) is 4.90 Å². The minimum atomic E-state index is -4.13. The molecule has 0 aliphatic rings. The van der Waals surface area contributed by atoms with Crippen LogP contribution in [0.15, 0.2) is 76.7 Å². The molecule has 3 aromatic carbocycles. The van der Waals surface area contributed by atoms with Crippen LogP contribution in [0.4, 0.5) is 10.5 Å². The van der Waals surface area contributed by atoms with Crippen molar-refractivity contribution in [1.29, 1.82) is 0 Å². The number of halogens is 2. The predicted octanol–water partition coefficient (Wildman–Crippen LogP) is 4.49. The van der Waals surface area contributed by atoms with Gasteiger partial charge in [0.15, 0.2) is 11.5 Å². The van der Waals surface area contributed by atoms with Crippen LogP contribution in [0.5, 0.6) is 11.5 Å². The van der Waals surface area contributed by atoms with Crippen LogP contribution >= 0.6 is 23.2 Å². The van der Waals surface area contributed by atoms with Gasteiger partial charge in [0, 0.05) is 0 Å². The van der Waals surface area contributed by atoms with E-state index in [1.165, 1.54) is 62.9 Å². The number of ether oxygens (including phenoxy) is 3. The van der Waals surface area contributed by atoms with Crippen molar-refractivity contribution < 1.29 is 32.2 Å². The lowest BCUT2D eigenvalue weighted by Crippen LogP contribution is -2.39. The number of anilines is 1. The Bertz CT molecular complexity index is 1420. The van der Waals surface area contributed by atoms with Crippen LogP contribution in [0.25, 0.3) is 0 Å². The Hall–Kier alpha value is -3.80. The first kappa shape index (κ1) is 27.8. The molecular weight excluding hydrogens is 545 g/mol. The van der Waals surface area contributed by atoms with Crippen molar-refractivity contribution >= 4 is 57.2 Å². The van der Waals surface area contributed by atoms with Gasteiger partial charge in [-0.15, -0.1) is 0 Å². The van der Waals surface area contributed by atoms with E-state index in [0.29, 0.717) is 5.56 Å². The highest BCUT2D eigenvalue weighted by molar-refractivity contribution is 7.92. The van der Waals surface area contributed by atoms with Gasteiger partial charge in [-0.2, -0.15) is 5.10 Å². The van der Waals surface area contributed by atoms with Gasteiger partial charge in [-0.1, -0.05) is 41.4 Å². The zero-order valence-corrected chi connectivity index (χ0v) is 21.9. The molecule has 3 rings (SSSR count). The molecule has 0 aliphatic carbocycles. The van der Waals surface area contributed by atoms with Crippen LogP contribution in [0, 0.1) is 0 Å². The minimum Gasteiger partial charge on any atom is -0.493 e. The Morgan fingerprint density at radius 1 is 0.973 bits per heavy atom. The Morgan fingerprint density at radius 2 is 1.70 bits per heavy atom. The number of rotatable bonds is 9. The summed E-state index contributed by atoms with van der Waals surface area (Å²) in [5.41, 5.74) is 2.93. The number of methoxy groups -OCH3 is 2. The van der Waals surface area contributed by atoms with Crippen LogP contribution in [-0.4, -0.2) is 47.5 Å². The molecule has 0 spiro atoms. The number of nitrogens with one attached hydrogen (secondary N) is 1. The molecule has 194 valence electrons. The van der Waals surface area contributed by atoms with Crippen LogP contribution in [-0.2, 0) is 19.6 Å². The van der Waals surface area contributed by atoms with Crippen molar-refractivity contribution in [2.24, 2.45) is 5.10 Å². The Morgan fingerprint density at radius 3 is 2.35 bits per heavy atom. The van der Waals surface area contributed by atoms with Gasteiger partial charge in [0.05, 0.1) is 41.1 Å². The topological polar surface area (TPSA) is 124 Å². The first-order chi connectivity index (χ1) is 17.6. The second-order valence-corrected chi connectivity index (χ2v) is 9.86. The molecule has 0 aliphatic heterocycles. The van der Waals surface area contributed by atoms with E-state index in [-0.39, 0.29) is 32.1 Å². The van der Waals surface area contributed by atoms with E-state index in [4.69, 9.17) is 32.7 Å². The summed E-state index contributed by atoms with van der Waals surface area (Å²) in [5.74, 6) is -0.376. The number of carbonyl (C=O) groups is 2. The lowest BCUT2D eigenvalue weighted by atomic mass is 10.2. The summed E-state index contributed by atoms with van der Waals surface area (Å²) in [7, 11) is -1.58. The molecule has 3 aromatic rings. The van der Waals surface area contributed by atoms with Crippen molar-refractivity contribution in [1.82, 2.24) is 5.43 Å². The van der Waals surface area contributed by atoms with E-state index in [0.717, 1.165) is 4.31 Å². The van der Waals surface area contributed by atoms with Crippen LogP contribution < -0.4 is 19.2 Å². The molecule has 37 heavy (non-hydrogen) atoms. The van der Waals surface area contributed by atoms with Crippen LogP contribution in [0.2, 0.25) is 10.0 Å². The van der Waals surface area contributed by atoms with Crippen molar-refractivity contribution in [2.75, 3.05) is 25.1 Å². The van der Waals surface area contributed by atoms with Gasteiger partial charge in [0.1, 0.15) is 6.54 Å². The van der Waals surface area contributed by atoms with Gasteiger partial charge < -0.3 is 14.2 Å². The summed E-state index contributed by atoms with van der Waals surface area (Å²) in [6.45, 7) is -0.595. The van der Waals surface area contributed by atoms with E-state index in [9.17, 15) is 18.0 Å². The van der Waals surface area contributed by atoms with Gasteiger partial charge in [-0.05, 0) is 54.1 Å². The number of amides is 1. The third kappa shape index (κ3) is 7.13. The molecule has 1 amide bonds. The number of hydrazone groups is 1. The molecule has 0 bridgehead atoms. The lowest BCUT2D eigenvalue weighted by Gasteiger charge is -2.24. The highest BCUT2D eigenvalue weighted by atomic mass is 35.5. The third-order valence-electron chi connectivity index (χ3n) is 4.76. The van der Waals surface area contributed by atoms with E-state index < -0.39 is 28.6 Å². The smallest absolute Gasteiger partial charge is 0.493 e. The maximum absolute atomic E-state index is 13.3. The number of hydrogen-bond acceptors (Lipinski definition) is 8. The van der Waals surface area contributed by atoms with Crippen LogP contribution in [0.1, 0.15) is 5.56 Å². The fraction of sp³-hybridized carbons (Fsp3) is 0.125. The molecule has 0 fully saturated rings. The standard InChI is InChI=1S/C24H21Cl2N3O7S/c1-34-22-12-16(8-11-21(22)36-24(31)35-2)14-27-28-23(30)15-29(17-9-10-19(25)20(26)13-17)37(32,33)18-6-4-3-5-7-18/h3-14H,15H2,1-2H3,(H,28,30)/b27-14-. The summed E-state index contributed by atoms with van der Waals surface area (Å²) in [5, 5.41) is 4.23. The highest BCUT2D eigenvalue weighted by Crippen LogP contribution is 2.30. The summed E-state index contributed by atoms with van der Waals surface area (Å²) < 4.78 is 42.2. The molecule has 10 nitrogen and oxygen atoms in total. The SMILES string of the molecule is COC(=O)Oc1ccc(/C=N\NC(=O)CN(c2ccc(Cl)c(Cl)c2)S(=O)(=O)c2ccccc2)cc1OC. The molecule has 0 radical (unpaired) electrons. The van der Waals surface area contributed by atoms with Crippen molar-refractivity contribution in [3.8, 4) is 11.5 Å². The summed E-state index contributed by atoms with van der Waals surface area (Å²) in [6.07, 6.45) is 0.390. The monoisotopic (exact) mass is 565 g/mol.